The molecule has 0 aliphatic rings. The minimum absolute atomic E-state index is 0.484. The molecule has 0 amide bonds. The molecule has 0 aliphatic heterocycles. The normalized spacial score (nSPS) is 10.8. The topological polar surface area (TPSA) is 47.0 Å². The van der Waals surface area contributed by atoms with E-state index < -0.39 is 0 Å². The maximum absolute atomic E-state index is 5.52. The van der Waals surface area contributed by atoms with E-state index in [2.05, 4.69) is 29.1 Å². The first kappa shape index (κ1) is 12.9. The number of hydrogen-bond donors (Lipinski definition) is 1. The van der Waals surface area contributed by atoms with Gasteiger partial charge in [0.05, 0.1) is 0 Å². The number of ether oxygens (including phenoxy) is 1. The van der Waals surface area contributed by atoms with E-state index in [0.29, 0.717) is 12.5 Å². The fourth-order valence-electron chi connectivity index (χ4n) is 1.35. The molecule has 1 aromatic rings. The molecule has 0 saturated carbocycles. The van der Waals surface area contributed by atoms with Gasteiger partial charge in [0.25, 0.3) is 0 Å². The minimum atomic E-state index is 0.484. The van der Waals surface area contributed by atoms with Gasteiger partial charge in [0, 0.05) is 24.9 Å². The SMILES string of the molecule is CCNc1cc(C)nc(COCC(C)C)n1. The molecular formula is C12H21N3O. The highest BCUT2D eigenvalue weighted by Gasteiger charge is 2.02. The molecule has 0 atom stereocenters. The van der Waals surface area contributed by atoms with E-state index in [1.165, 1.54) is 0 Å². The lowest BCUT2D eigenvalue weighted by Gasteiger charge is -2.08. The maximum Gasteiger partial charge on any atom is 0.156 e. The fraction of sp³-hybridized carbons (Fsp3) is 0.667. The van der Waals surface area contributed by atoms with Crippen LogP contribution in [0.5, 0.6) is 0 Å². The number of aryl methyl sites for hydroxylation is 1. The van der Waals surface area contributed by atoms with Gasteiger partial charge in [0.2, 0.25) is 0 Å². The third kappa shape index (κ3) is 4.57. The molecule has 16 heavy (non-hydrogen) atoms. The van der Waals surface area contributed by atoms with E-state index in [1.807, 2.05) is 19.9 Å². The van der Waals surface area contributed by atoms with Crippen molar-refractivity contribution in [3.8, 4) is 0 Å². The molecule has 1 rings (SSSR count). The predicted molar refractivity (Wildman–Crippen MR) is 65.4 cm³/mol. The third-order valence-electron chi connectivity index (χ3n) is 1.94. The van der Waals surface area contributed by atoms with Crippen molar-refractivity contribution in [1.82, 2.24) is 9.97 Å². The summed E-state index contributed by atoms with van der Waals surface area (Å²) in [6.07, 6.45) is 0. The summed E-state index contributed by atoms with van der Waals surface area (Å²) >= 11 is 0. The zero-order chi connectivity index (χ0) is 12.0. The molecule has 0 aromatic carbocycles. The molecule has 0 radical (unpaired) electrons. The van der Waals surface area contributed by atoms with Gasteiger partial charge in [0.15, 0.2) is 5.82 Å². The molecule has 0 spiro atoms. The highest BCUT2D eigenvalue weighted by atomic mass is 16.5. The first-order chi connectivity index (χ1) is 7.61. The van der Waals surface area contributed by atoms with E-state index in [1.54, 1.807) is 0 Å². The summed E-state index contributed by atoms with van der Waals surface area (Å²) in [7, 11) is 0. The van der Waals surface area contributed by atoms with Crippen molar-refractivity contribution >= 4 is 5.82 Å². The van der Waals surface area contributed by atoms with Gasteiger partial charge in [0.1, 0.15) is 12.4 Å². The van der Waals surface area contributed by atoms with Gasteiger partial charge in [-0.2, -0.15) is 0 Å². The molecule has 0 aliphatic carbocycles. The Morgan fingerprint density at radius 2 is 2.12 bits per heavy atom. The quantitative estimate of drug-likeness (QED) is 0.804. The summed E-state index contributed by atoms with van der Waals surface area (Å²) in [6.45, 7) is 10.4. The van der Waals surface area contributed by atoms with E-state index in [4.69, 9.17) is 4.74 Å². The number of anilines is 1. The second-order valence-corrected chi connectivity index (χ2v) is 4.25. The van der Waals surface area contributed by atoms with Gasteiger partial charge < -0.3 is 10.1 Å². The average molecular weight is 223 g/mol. The molecule has 4 nitrogen and oxygen atoms in total. The van der Waals surface area contributed by atoms with Crippen LogP contribution in [0.25, 0.3) is 0 Å². The Hall–Kier alpha value is -1.16. The van der Waals surface area contributed by atoms with Crippen LogP contribution in [0, 0.1) is 12.8 Å². The Kier molecular flexibility index (Phi) is 5.19. The first-order valence-electron chi connectivity index (χ1n) is 5.78. The Morgan fingerprint density at radius 1 is 1.38 bits per heavy atom. The molecule has 0 bridgehead atoms. The molecule has 1 heterocycles. The highest BCUT2D eigenvalue weighted by Crippen LogP contribution is 2.07. The Balaban J connectivity index is 2.58. The summed E-state index contributed by atoms with van der Waals surface area (Å²) in [5.41, 5.74) is 0.967. The number of aromatic nitrogens is 2. The summed E-state index contributed by atoms with van der Waals surface area (Å²) in [6, 6.07) is 1.94. The van der Waals surface area contributed by atoms with Gasteiger partial charge >= 0.3 is 0 Å². The van der Waals surface area contributed by atoms with Crippen molar-refractivity contribution in [3.05, 3.63) is 17.6 Å². The van der Waals surface area contributed by atoms with Crippen LogP contribution in [0.4, 0.5) is 5.82 Å². The van der Waals surface area contributed by atoms with E-state index in [-0.39, 0.29) is 0 Å². The van der Waals surface area contributed by atoms with Crippen molar-refractivity contribution in [2.75, 3.05) is 18.5 Å². The van der Waals surface area contributed by atoms with E-state index >= 15 is 0 Å². The predicted octanol–water partition coefficient (Wildman–Crippen LogP) is 2.39. The standard InChI is InChI=1S/C12H21N3O/c1-5-13-11-6-10(4)14-12(15-11)8-16-7-9(2)3/h6,9H,5,7-8H2,1-4H3,(H,13,14,15). The summed E-state index contributed by atoms with van der Waals surface area (Å²) < 4.78 is 5.52. The van der Waals surface area contributed by atoms with Crippen molar-refractivity contribution in [3.63, 3.8) is 0 Å². The summed E-state index contributed by atoms with van der Waals surface area (Å²) in [5.74, 6) is 2.16. The fourth-order valence-corrected chi connectivity index (χ4v) is 1.35. The van der Waals surface area contributed by atoms with Gasteiger partial charge in [-0.25, -0.2) is 9.97 Å². The lowest BCUT2D eigenvalue weighted by Crippen LogP contribution is -2.08. The smallest absolute Gasteiger partial charge is 0.156 e. The molecule has 4 heteroatoms. The van der Waals surface area contributed by atoms with E-state index in [9.17, 15) is 0 Å². The molecule has 0 fully saturated rings. The van der Waals surface area contributed by atoms with Crippen LogP contribution in [0.2, 0.25) is 0 Å². The zero-order valence-electron chi connectivity index (χ0n) is 10.6. The van der Waals surface area contributed by atoms with Crippen LogP contribution in [0.3, 0.4) is 0 Å². The molecule has 1 N–H and O–H groups in total. The lowest BCUT2D eigenvalue weighted by molar-refractivity contribution is 0.0923. The van der Waals surface area contributed by atoms with Crippen LogP contribution in [0.15, 0.2) is 6.07 Å². The number of rotatable bonds is 6. The van der Waals surface area contributed by atoms with Gasteiger partial charge in [-0.05, 0) is 19.8 Å². The maximum atomic E-state index is 5.52. The summed E-state index contributed by atoms with van der Waals surface area (Å²) in [4.78, 5) is 8.71. The molecular weight excluding hydrogens is 202 g/mol. The van der Waals surface area contributed by atoms with Crippen LogP contribution in [0.1, 0.15) is 32.3 Å². The number of nitrogens with one attached hydrogen (secondary N) is 1. The molecule has 1 aromatic heterocycles. The number of hydrogen-bond acceptors (Lipinski definition) is 4. The van der Waals surface area contributed by atoms with Crippen molar-refractivity contribution < 1.29 is 4.74 Å². The Bertz CT molecular complexity index is 326. The van der Waals surface area contributed by atoms with Crippen molar-refractivity contribution in [2.45, 2.75) is 34.3 Å². The van der Waals surface area contributed by atoms with Gasteiger partial charge in [-0.1, -0.05) is 13.8 Å². The average Bonchev–Trinajstić information content (AvgIpc) is 2.16. The van der Waals surface area contributed by atoms with Crippen LogP contribution in [-0.4, -0.2) is 23.1 Å². The molecule has 90 valence electrons. The molecule has 0 unspecified atom stereocenters. The van der Waals surface area contributed by atoms with Crippen LogP contribution < -0.4 is 5.32 Å². The van der Waals surface area contributed by atoms with Gasteiger partial charge in [-0.3, -0.25) is 0 Å². The third-order valence-corrected chi connectivity index (χ3v) is 1.94. The summed E-state index contributed by atoms with van der Waals surface area (Å²) in [5, 5.41) is 3.18. The molecule has 0 saturated heterocycles. The zero-order valence-corrected chi connectivity index (χ0v) is 10.6. The highest BCUT2D eigenvalue weighted by molar-refractivity contribution is 5.35. The Labute approximate surface area is 97.5 Å². The number of nitrogens with zero attached hydrogens (tertiary/aromatic N) is 2. The van der Waals surface area contributed by atoms with E-state index in [0.717, 1.165) is 30.5 Å². The van der Waals surface area contributed by atoms with Crippen LogP contribution >= 0.6 is 0 Å². The monoisotopic (exact) mass is 223 g/mol. The Morgan fingerprint density at radius 3 is 2.75 bits per heavy atom. The van der Waals surface area contributed by atoms with Gasteiger partial charge in [-0.15, -0.1) is 0 Å². The minimum Gasteiger partial charge on any atom is -0.373 e. The van der Waals surface area contributed by atoms with Crippen LogP contribution in [-0.2, 0) is 11.3 Å². The van der Waals surface area contributed by atoms with Crippen molar-refractivity contribution in [1.29, 1.82) is 0 Å². The second-order valence-electron chi connectivity index (χ2n) is 4.25. The van der Waals surface area contributed by atoms with Crippen molar-refractivity contribution in [2.24, 2.45) is 5.92 Å². The second kappa shape index (κ2) is 6.43. The largest absolute Gasteiger partial charge is 0.373 e. The first-order valence-corrected chi connectivity index (χ1v) is 5.78. The lowest BCUT2D eigenvalue weighted by atomic mass is 10.2.